The van der Waals surface area contributed by atoms with E-state index in [4.69, 9.17) is 21.1 Å². The summed E-state index contributed by atoms with van der Waals surface area (Å²) < 4.78 is 10.0. The molecule has 0 aliphatic carbocycles. The number of nitrogens with one attached hydrogen (secondary N) is 2. The van der Waals surface area contributed by atoms with Crippen molar-refractivity contribution in [1.82, 2.24) is 0 Å². The summed E-state index contributed by atoms with van der Waals surface area (Å²) >= 11 is 6.04. The maximum Gasteiger partial charge on any atom is 0.341 e. The van der Waals surface area contributed by atoms with Gasteiger partial charge in [-0.3, -0.25) is 0 Å². The molecule has 3 rings (SSSR count). The standard InChI is InChI=1S/C19H17ClN2O3/c1-24-18-6-3-12(9-15(18)19(23)25-2)11-22-16-7-8-21-17-10-13(20)4-5-14(16)17/h3-10H,11H2,1-2H3,(H,21,22)/p+1. The summed E-state index contributed by atoms with van der Waals surface area (Å²) in [7, 11) is 2.88. The van der Waals surface area contributed by atoms with E-state index in [1.165, 1.54) is 14.2 Å². The van der Waals surface area contributed by atoms with Gasteiger partial charge in [0.25, 0.3) is 0 Å². The second-order valence-corrected chi connectivity index (χ2v) is 5.90. The average Bonchev–Trinajstić information content (AvgIpc) is 2.65. The fourth-order valence-electron chi connectivity index (χ4n) is 2.66. The quantitative estimate of drug-likeness (QED) is 0.707. The highest BCUT2D eigenvalue weighted by atomic mass is 35.5. The number of ether oxygens (including phenoxy) is 2. The number of benzene rings is 2. The summed E-state index contributed by atoms with van der Waals surface area (Å²) in [5.41, 5.74) is 3.27. The van der Waals surface area contributed by atoms with Gasteiger partial charge in [-0.05, 0) is 29.8 Å². The molecule has 0 unspecified atom stereocenters. The molecule has 2 N–H and O–H groups in total. The molecule has 0 saturated heterocycles. The summed E-state index contributed by atoms with van der Waals surface area (Å²) in [5, 5.41) is 5.10. The fraction of sp³-hybridized carbons (Fsp3) is 0.158. The third kappa shape index (κ3) is 3.67. The lowest BCUT2D eigenvalue weighted by molar-refractivity contribution is -0.344. The lowest BCUT2D eigenvalue weighted by Crippen LogP contribution is -2.08. The number of carbonyl (C=O) groups excluding carboxylic acids is 1. The Hall–Kier alpha value is -2.79. The molecule has 1 heterocycles. The van der Waals surface area contributed by atoms with Gasteiger partial charge in [0.1, 0.15) is 11.3 Å². The predicted molar refractivity (Wildman–Crippen MR) is 97.2 cm³/mol. The van der Waals surface area contributed by atoms with Gasteiger partial charge in [-0.15, -0.1) is 0 Å². The van der Waals surface area contributed by atoms with Gasteiger partial charge in [0.05, 0.1) is 25.3 Å². The number of carbonyl (C=O) groups is 1. The van der Waals surface area contributed by atoms with Gasteiger partial charge in [-0.25, -0.2) is 9.78 Å². The molecule has 6 heteroatoms. The number of fused-ring (bicyclic) bond motifs is 1. The number of rotatable bonds is 5. The van der Waals surface area contributed by atoms with E-state index in [0.29, 0.717) is 22.9 Å². The second kappa shape index (κ2) is 7.40. The van der Waals surface area contributed by atoms with Crippen LogP contribution in [0.25, 0.3) is 10.9 Å². The number of esters is 1. The minimum atomic E-state index is -0.423. The van der Waals surface area contributed by atoms with Crippen molar-refractivity contribution in [3.8, 4) is 5.75 Å². The van der Waals surface area contributed by atoms with Crippen molar-refractivity contribution in [2.75, 3.05) is 19.5 Å². The minimum Gasteiger partial charge on any atom is -0.496 e. The van der Waals surface area contributed by atoms with E-state index in [2.05, 4.69) is 10.3 Å². The van der Waals surface area contributed by atoms with Gasteiger partial charge in [0.15, 0.2) is 6.20 Å². The first-order valence-electron chi connectivity index (χ1n) is 7.71. The lowest BCUT2D eigenvalue weighted by Gasteiger charge is -2.11. The molecule has 0 bridgehead atoms. The van der Waals surface area contributed by atoms with E-state index < -0.39 is 5.97 Å². The number of H-pyrrole nitrogens is 1. The largest absolute Gasteiger partial charge is 0.496 e. The number of hydrogen-bond donors (Lipinski definition) is 1. The topological polar surface area (TPSA) is 61.7 Å². The molecule has 0 atom stereocenters. The smallest absolute Gasteiger partial charge is 0.341 e. The minimum absolute atomic E-state index is 0.405. The van der Waals surface area contributed by atoms with E-state index in [1.807, 2.05) is 36.5 Å². The Morgan fingerprint density at radius 3 is 2.76 bits per heavy atom. The van der Waals surface area contributed by atoms with Crippen LogP contribution in [-0.2, 0) is 11.3 Å². The zero-order valence-corrected chi connectivity index (χ0v) is 14.7. The summed E-state index contributed by atoms with van der Waals surface area (Å²) in [6.45, 7) is 0.551. The van der Waals surface area contributed by atoms with Gasteiger partial charge < -0.3 is 14.8 Å². The number of halogens is 1. The third-order valence-electron chi connectivity index (χ3n) is 3.91. The van der Waals surface area contributed by atoms with Crippen LogP contribution < -0.4 is 15.0 Å². The van der Waals surface area contributed by atoms with Crippen LogP contribution in [0.2, 0.25) is 5.02 Å². The number of anilines is 1. The van der Waals surface area contributed by atoms with Crippen LogP contribution in [0.15, 0.2) is 48.7 Å². The summed E-state index contributed by atoms with van der Waals surface area (Å²) in [4.78, 5) is 15.1. The molecule has 0 aliphatic heterocycles. The Kier molecular flexibility index (Phi) is 5.05. The molecule has 0 saturated carbocycles. The number of aromatic amines is 1. The molecule has 1 aromatic heterocycles. The van der Waals surface area contributed by atoms with Crippen molar-refractivity contribution < 1.29 is 19.3 Å². The Balaban J connectivity index is 1.86. The van der Waals surface area contributed by atoms with Crippen molar-refractivity contribution in [1.29, 1.82) is 0 Å². The van der Waals surface area contributed by atoms with Crippen LogP contribution in [0.4, 0.5) is 5.69 Å². The lowest BCUT2D eigenvalue weighted by atomic mass is 10.1. The Bertz CT molecular complexity index is 928. The number of pyridine rings is 1. The van der Waals surface area contributed by atoms with Crippen LogP contribution in [0, 0.1) is 0 Å². The molecular weight excluding hydrogens is 340 g/mol. The Morgan fingerprint density at radius 1 is 1.16 bits per heavy atom. The van der Waals surface area contributed by atoms with Crippen molar-refractivity contribution in [2.45, 2.75) is 6.54 Å². The van der Waals surface area contributed by atoms with E-state index in [1.54, 1.807) is 12.1 Å². The molecule has 0 fully saturated rings. The molecule has 0 spiro atoms. The molecule has 5 nitrogen and oxygen atoms in total. The first-order valence-corrected chi connectivity index (χ1v) is 8.09. The van der Waals surface area contributed by atoms with Gasteiger partial charge in [0, 0.05) is 23.7 Å². The molecule has 3 aromatic rings. The van der Waals surface area contributed by atoms with Crippen LogP contribution >= 0.6 is 11.6 Å². The van der Waals surface area contributed by atoms with Crippen LogP contribution in [0.5, 0.6) is 5.75 Å². The molecule has 0 aliphatic rings. The van der Waals surface area contributed by atoms with Gasteiger partial charge in [0.2, 0.25) is 5.52 Å². The SMILES string of the molecule is COC(=O)c1cc(CNc2cc[nH+]c3cc(Cl)ccc23)ccc1OC. The molecule has 25 heavy (non-hydrogen) atoms. The highest BCUT2D eigenvalue weighted by molar-refractivity contribution is 6.31. The van der Waals surface area contributed by atoms with Crippen molar-refractivity contribution in [3.63, 3.8) is 0 Å². The van der Waals surface area contributed by atoms with Gasteiger partial charge in [-0.2, -0.15) is 0 Å². The van der Waals surface area contributed by atoms with E-state index in [0.717, 1.165) is 22.2 Å². The van der Waals surface area contributed by atoms with Crippen LogP contribution in [0.1, 0.15) is 15.9 Å². The fourth-order valence-corrected chi connectivity index (χ4v) is 2.83. The Morgan fingerprint density at radius 2 is 2.00 bits per heavy atom. The first kappa shape index (κ1) is 17.0. The zero-order valence-electron chi connectivity index (χ0n) is 13.9. The van der Waals surface area contributed by atoms with Crippen molar-refractivity contribution >= 4 is 34.2 Å². The van der Waals surface area contributed by atoms with E-state index >= 15 is 0 Å². The monoisotopic (exact) mass is 357 g/mol. The summed E-state index contributed by atoms with van der Waals surface area (Å²) in [6, 6.07) is 13.1. The zero-order chi connectivity index (χ0) is 17.8. The third-order valence-corrected chi connectivity index (χ3v) is 4.15. The van der Waals surface area contributed by atoms with Gasteiger partial charge >= 0.3 is 5.97 Å². The second-order valence-electron chi connectivity index (χ2n) is 5.46. The molecule has 0 radical (unpaired) electrons. The van der Waals surface area contributed by atoms with E-state index in [-0.39, 0.29) is 0 Å². The van der Waals surface area contributed by atoms with E-state index in [9.17, 15) is 4.79 Å². The molecular formula is C19H18ClN2O3+. The van der Waals surface area contributed by atoms with Crippen LogP contribution in [-0.4, -0.2) is 20.2 Å². The average molecular weight is 358 g/mol. The molecule has 2 aromatic carbocycles. The maximum atomic E-state index is 11.9. The number of aromatic nitrogens is 1. The summed E-state index contributed by atoms with van der Waals surface area (Å²) in [5.74, 6) is 0.0677. The normalized spacial score (nSPS) is 10.5. The Labute approximate surface area is 150 Å². The van der Waals surface area contributed by atoms with Crippen molar-refractivity contribution in [3.05, 3.63) is 64.8 Å². The van der Waals surface area contributed by atoms with Crippen LogP contribution in [0.3, 0.4) is 0 Å². The predicted octanol–water partition coefficient (Wildman–Crippen LogP) is 3.71. The molecule has 128 valence electrons. The molecule has 0 amide bonds. The number of methoxy groups -OCH3 is 2. The highest BCUT2D eigenvalue weighted by Gasteiger charge is 2.14. The highest BCUT2D eigenvalue weighted by Crippen LogP contribution is 2.25. The van der Waals surface area contributed by atoms with Crippen molar-refractivity contribution in [2.24, 2.45) is 0 Å². The first-order chi connectivity index (χ1) is 12.1. The summed E-state index contributed by atoms with van der Waals surface area (Å²) in [6.07, 6.45) is 1.86. The maximum absolute atomic E-state index is 11.9. The van der Waals surface area contributed by atoms with Gasteiger partial charge in [-0.1, -0.05) is 17.7 Å². The number of hydrogen-bond acceptors (Lipinski definition) is 4.